The van der Waals surface area contributed by atoms with Gasteiger partial charge >= 0.3 is 0 Å². The van der Waals surface area contributed by atoms with Crippen molar-refractivity contribution >= 4 is 11.6 Å². The van der Waals surface area contributed by atoms with Gasteiger partial charge in [0.2, 0.25) is 5.91 Å². The van der Waals surface area contributed by atoms with E-state index < -0.39 is 0 Å². The van der Waals surface area contributed by atoms with E-state index in [1.807, 2.05) is 35.2 Å². The van der Waals surface area contributed by atoms with Gasteiger partial charge in [-0.3, -0.25) is 4.79 Å². The number of benzene rings is 2. The van der Waals surface area contributed by atoms with Gasteiger partial charge in [-0.25, -0.2) is 4.98 Å². The third-order valence-corrected chi connectivity index (χ3v) is 4.32. The Morgan fingerprint density at radius 1 is 1.08 bits per heavy atom. The van der Waals surface area contributed by atoms with Crippen molar-refractivity contribution in [1.82, 2.24) is 9.97 Å². The van der Waals surface area contributed by atoms with Crippen molar-refractivity contribution in [1.29, 1.82) is 0 Å². The fourth-order valence-corrected chi connectivity index (χ4v) is 2.87. The summed E-state index contributed by atoms with van der Waals surface area (Å²) in [5, 5.41) is 0. The number of carbonyl (C=O) groups is 1. The smallest absolute Gasteiger partial charge is 0.230 e. The molecule has 1 aliphatic carbocycles. The largest absolute Gasteiger partial charge is 0.347 e. The van der Waals surface area contributed by atoms with Crippen LogP contribution in [0.2, 0.25) is 0 Å². The number of amides is 1. The molecular formula is C20H19N3O. The molecule has 1 heterocycles. The molecule has 0 atom stereocenters. The fraction of sp³-hybridized carbons (Fsp3) is 0.200. The summed E-state index contributed by atoms with van der Waals surface area (Å²) in [7, 11) is 0. The Morgan fingerprint density at radius 2 is 1.88 bits per heavy atom. The molecule has 0 radical (unpaired) electrons. The Labute approximate surface area is 141 Å². The van der Waals surface area contributed by atoms with Crippen LogP contribution >= 0.6 is 0 Å². The van der Waals surface area contributed by atoms with Gasteiger partial charge in [0.25, 0.3) is 0 Å². The molecule has 1 N–H and O–H groups in total. The molecule has 4 rings (SSSR count). The zero-order chi connectivity index (χ0) is 16.4. The number of aromatic amines is 1. The molecule has 120 valence electrons. The van der Waals surface area contributed by atoms with E-state index >= 15 is 0 Å². The molecule has 0 bridgehead atoms. The minimum atomic E-state index is 0.167. The molecule has 1 amide bonds. The number of anilines is 1. The van der Waals surface area contributed by atoms with E-state index in [9.17, 15) is 4.79 Å². The molecule has 1 aromatic heterocycles. The highest BCUT2D eigenvalue weighted by Gasteiger charge is 2.34. The lowest BCUT2D eigenvalue weighted by atomic mass is 10.0. The maximum Gasteiger partial charge on any atom is 0.230 e. The lowest BCUT2D eigenvalue weighted by Gasteiger charge is -2.22. The molecule has 2 aromatic carbocycles. The average Bonchev–Trinajstić information content (AvgIpc) is 3.37. The average molecular weight is 317 g/mol. The number of nitrogens with zero attached hydrogens (tertiary/aromatic N) is 2. The van der Waals surface area contributed by atoms with E-state index in [2.05, 4.69) is 34.2 Å². The molecule has 0 unspecified atom stereocenters. The predicted molar refractivity (Wildman–Crippen MR) is 94.4 cm³/mol. The Hall–Kier alpha value is -2.88. The van der Waals surface area contributed by atoms with Crippen LogP contribution in [0.15, 0.2) is 67.0 Å². The second kappa shape index (κ2) is 6.32. The molecule has 0 saturated heterocycles. The number of hydrogen-bond acceptors (Lipinski definition) is 2. The third-order valence-electron chi connectivity index (χ3n) is 4.32. The van der Waals surface area contributed by atoms with Crippen LogP contribution in [-0.4, -0.2) is 15.9 Å². The van der Waals surface area contributed by atoms with Crippen molar-refractivity contribution in [3.63, 3.8) is 0 Å². The summed E-state index contributed by atoms with van der Waals surface area (Å²) in [6.07, 6.45) is 5.49. The highest BCUT2D eigenvalue weighted by molar-refractivity contribution is 5.96. The van der Waals surface area contributed by atoms with Crippen LogP contribution in [0, 0.1) is 5.92 Å². The molecule has 3 aromatic rings. The summed E-state index contributed by atoms with van der Waals surface area (Å²) in [5.74, 6) is 1.16. The number of H-pyrrole nitrogens is 1. The molecule has 4 heteroatoms. The van der Waals surface area contributed by atoms with Gasteiger partial charge in [0.15, 0.2) is 0 Å². The van der Waals surface area contributed by atoms with E-state index in [1.54, 1.807) is 12.4 Å². The van der Waals surface area contributed by atoms with Crippen molar-refractivity contribution in [2.75, 3.05) is 4.90 Å². The van der Waals surface area contributed by atoms with Gasteiger partial charge in [-0.1, -0.05) is 42.5 Å². The second-order valence-electron chi connectivity index (χ2n) is 6.15. The van der Waals surface area contributed by atoms with Crippen LogP contribution < -0.4 is 4.90 Å². The Morgan fingerprint density at radius 3 is 2.58 bits per heavy atom. The molecule has 24 heavy (non-hydrogen) atoms. The highest BCUT2D eigenvalue weighted by Crippen LogP contribution is 2.34. The van der Waals surface area contributed by atoms with Crippen LogP contribution in [0.4, 0.5) is 5.69 Å². The van der Waals surface area contributed by atoms with Gasteiger partial charge in [-0.15, -0.1) is 0 Å². The maximum atomic E-state index is 12.8. The minimum Gasteiger partial charge on any atom is -0.347 e. The van der Waals surface area contributed by atoms with Crippen molar-refractivity contribution in [3.05, 3.63) is 72.8 Å². The van der Waals surface area contributed by atoms with Gasteiger partial charge in [-0.2, -0.15) is 0 Å². The van der Waals surface area contributed by atoms with E-state index in [-0.39, 0.29) is 11.8 Å². The normalized spacial score (nSPS) is 13.7. The summed E-state index contributed by atoms with van der Waals surface area (Å²) >= 11 is 0. The first-order chi connectivity index (χ1) is 11.8. The summed E-state index contributed by atoms with van der Waals surface area (Å²) in [6, 6.07) is 18.4. The van der Waals surface area contributed by atoms with Gasteiger partial charge in [0, 0.05) is 24.0 Å². The lowest BCUT2D eigenvalue weighted by Crippen LogP contribution is -2.32. The maximum absolute atomic E-state index is 12.8. The van der Waals surface area contributed by atoms with E-state index in [1.165, 1.54) is 0 Å². The van der Waals surface area contributed by atoms with E-state index in [0.717, 1.165) is 35.5 Å². The SMILES string of the molecule is O=C(C1CC1)N(Cc1ncc[nH]1)c1cccc(-c2ccccc2)c1. The zero-order valence-corrected chi connectivity index (χ0v) is 13.4. The monoisotopic (exact) mass is 317 g/mol. The van der Waals surface area contributed by atoms with Crippen LogP contribution in [-0.2, 0) is 11.3 Å². The summed E-state index contributed by atoms with van der Waals surface area (Å²) < 4.78 is 0. The van der Waals surface area contributed by atoms with E-state index in [0.29, 0.717) is 6.54 Å². The topological polar surface area (TPSA) is 49.0 Å². The molecular weight excluding hydrogens is 298 g/mol. The Balaban J connectivity index is 1.68. The van der Waals surface area contributed by atoms with Gasteiger partial charge in [-0.05, 0) is 36.1 Å². The number of imidazole rings is 1. The number of nitrogens with one attached hydrogen (secondary N) is 1. The first-order valence-corrected chi connectivity index (χ1v) is 8.26. The molecule has 1 fully saturated rings. The summed E-state index contributed by atoms with van der Waals surface area (Å²) in [6.45, 7) is 0.473. The number of carbonyl (C=O) groups excluding carboxylic acids is 1. The zero-order valence-electron chi connectivity index (χ0n) is 13.4. The van der Waals surface area contributed by atoms with Crippen LogP contribution in [0.3, 0.4) is 0 Å². The van der Waals surface area contributed by atoms with Crippen molar-refractivity contribution in [2.24, 2.45) is 5.92 Å². The van der Waals surface area contributed by atoms with Crippen molar-refractivity contribution in [2.45, 2.75) is 19.4 Å². The number of rotatable bonds is 5. The molecule has 1 saturated carbocycles. The van der Waals surface area contributed by atoms with Crippen LogP contribution in [0.1, 0.15) is 18.7 Å². The molecule has 0 aliphatic heterocycles. The molecule has 0 spiro atoms. The van der Waals surface area contributed by atoms with Crippen LogP contribution in [0.5, 0.6) is 0 Å². The standard InChI is InChI=1S/C20H19N3O/c24-20(16-9-10-16)23(14-19-21-11-12-22-19)18-8-4-7-17(13-18)15-5-2-1-3-6-15/h1-8,11-13,16H,9-10,14H2,(H,21,22). The van der Waals surface area contributed by atoms with Crippen molar-refractivity contribution in [3.8, 4) is 11.1 Å². The van der Waals surface area contributed by atoms with Gasteiger partial charge in [0.05, 0.1) is 6.54 Å². The minimum absolute atomic E-state index is 0.167. The lowest BCUT2D eigenvalue weighted by molar-refractivity contribution is -0.119. The fourth-order valence-electron chi connectivity index (χ4n) is 2.87. The molecule has 4 nitrogen and oxygen atoms in total. The van der Waals surface area contributed by atoms with Gasteiger partial charge in [0.1, 0.15) is 5.82 Å². The first kappa shape index (κ1) is 14.7. The third kappa shape index (κ3) is 3.08. The highest BCUT2D eigenvalue weighted by atomic mass is 16.2. The predicted octanol–water partition coefficient (Wildman–Crippen LogP) is 4.02. The van der Waals surface area contributed by atoms with Gasteiger partial charge < -0.3 is 9.88 Å². The first-order valence-electron chi connectivity index (χ1n) is 8.26. The van der Waals surface area contributed by atoms with Crippen molar-refractivity contribution < 1.29 is 4.79 Å². The van der Waals surface area contributed by atoms with Crippen LogP contribution in [0.25, 0.3) is 11.1 Å². The Kier molecular flexibility index (Phi) is 3.87. The van der Waals surface area contributed by atoms with E-state index in [4.69, 9.17) is 0 Å². The Bertz CT molecular complexity index is 823. The number of hydrogen-bond donors (Lipinski definition) is 1. The quantitative estimate of drug-likeness (QED) is 0.772. The number of aromatic nitrogens is 2. The molecule has 1 aliphatic rings. The second-order valence-corrected chi connectivity index (χ2v) is 6.15. The summed E-state index contributed by atoms with van der Waals surface area (Å²) in [5.41, 5.74) is 3.18. The summed E-state index contributed by atoms with van der Waals surface area (Å²) in [4.78, 5) is 22.0.